The molecule has 0 aliphatic carbocycles. The standard InChI is InChI=1S/C16H18ClNO/c1-3-12(2)14-8-4-5-9-15(14)19-16-10-6-7-13(11-17)18-16/h4-10,12H,3,11H2,1-2H3. The molecule has 1 heterocycles. The maximum absolute atomic E-state index is 5.91. The van der Waals surface area contributed by atoms with Crippen LogP contribution in [0, 0.1) is 0 Å². The number of benzene rings is 1. The first-order valence-corrected chi connectivity index (χ1v) is 7.06. The molecule has 0 fully saturated rings. The predicted octanol–water partition coefficient (Wildman–Crippen LogP) is 5.13. The third-order valence-electron chi connectivity index (χ3n) is 3.19. The van der Waals surface area contributed by atoms with Crippen molar-refractivity contribution in [2.75, 3.05) is 0 Å². The first-order valence-electron chi connectivity index (χ1n) is 6.53. The van der Waals surface area contributed by atoms with Gasteiger partial charge in [0.15, 0.2) is 0 Å². The molecule has 2 aromatic rings. The highest BCUT2D eigenvalue weighted by atomic mass is 35.5. The molecular weight excluding hydrogens is 258 g/mol. The Bertz CT molecular complexity index is 542. The van der Waals surface area contributed by atoms with Crippen LogP contribution in [0.25, 0.3) is 0 Å². The molecule has 1 unspecified atom stereocenters. The molecule has 2 rings (SSSR count). The highest BCUT2D eigenvalue weighted by molar-refractivity contribution is 6.16. The Labute approximate surface area is 119 Å². The topological polar surface area (TPSA) is 22.1 Å². The molecule has 19 heavy (non-hydrogen) atoms. The average Bonchev–Trinajstić information content (AvgIpc) is 2.47. The van der Waals surface area contributed by atoms with Crippen LogP contribution in [0.3, 0.4) is 0 Å². The van der Waals surface area contributed by atoms with Crippen molar-refractivity contribution in [3.05, 3.63) is 53.7 Å². The van der Waals surface area contributed by atoms with Gasteiger partial charge < -0.3 is 4.74 Å². The SMILES string of the molecule is CCC(C)c1ccccc1Oc1cccc(CCl)n1. The minimum Gasteiger partial charge on any atom is -0.439 e. The maximum Gasteiger partial charge on any atom is 0.219 e. The fourth-order valence-corrected chi connectivity index (χ4v) is 2.05. The quantitative estimate of drug-likeness (QED) is 0.706. The van der Waals surface area contributed by atoms with E-state index in [1.54, 1.807) is 0 Å². The largest absolute Gasteiger partial charge is 0.439 e. The molecule has 0 aliphatic heterocycles. The molecule has 0 saturated carbocycles. The van der Waals surface area contributed by atoms with Gasteiger partial charge in [0.2, 0.25) is 5.88 Å². The lowest BCUT2D eigenvalue weighted by molar-refractivity contribution is 0.451. The van der Waals surface area contributed by atoms with E-state index in [0.717, 1.165) is 17.9 Å². The zero-order valence-corrected chi connectivity index (χ0v) is 12.0. The van der Waals surface area contributed by atoms with E-state index in [1.807, 2.05) is 36.4 Å². The second-order valence-corrected chi connectivity index (χ2v) is 4.82. The minimum absolute atomic E-state index is 0.393. The van der Waals surface area contributed by atoms with Gasteiger partial charge in [0.1, 0.15) is 5.75 Å². The number of ether oxygens (including phenoxy) is 1. The Kier molecular flexibility index (Phi) is 4.80. The predicted molar refractivity (Wildman–Crippen MR) is 79.0 cm³/mol. The van der Waals surface area contributed by atoms with Crippen molar-refractivity contribution in [1.82, 2.24) is 4.98 Å². The van der Waals surface area contributed by atoms with Crippen LogP contribution in [-0.2, 0) is 5.88 Å². The number of rotatable bonds is 5. The molecule has 3 heteroatoms. The summed E-state index contributed by atoms with van der Waals surface area (Å²) >= 11 is 5.79. The van der Waals surface area contributed by atoms with Crippen molar-refractivity contribution >= 4 is 11.6 Å². The summed E-state index contributed by atoms with van der Waals surface area (Å²) in [5.74, 6) is 2.32. The summed E-state index contributed by atoms with van der Waals surface area (Å²) in [6, 6.07) is 13.8. The van der Waals surface area contributed by atoms with Crippen LogP contribution in [0.4, 0.5) is 0 Å². The minimum atomic E-state index is 0.393. The molecule has 100 valence electrons. The Morgan fingerprint density at radius 3 is 2.68 bits per heavy atom. The Hall–Kier alpha value is -1.54. The van der Waals surface area contributed by atoms with Crippen LogP contribution < -0.4 is 4.74 Å². The van der Waals surface area contributed by atoms with Crippen LogP contribution in [0.5, 0.6) is 11.6 Å². The van der Waals surface area contributed by atoms with Gasteiger partial charge in [-0.3, -0.25) is 0 Å². The van der Waals surface area contributed by atoms with E-state index in [4.69, 9.17) is 16.3 Å². The first kappa shape index (κ1) is 13.9. The number of alkyl halides is 1. The lowest BCUT2D eigenvalue weighted by Crippen LogP contribution is -1.97. The smallest absolute Gasteiger partial charge is 0.219 e. The van der Waals surface area contributed by atoms with Crippen molar-refractivity contribution in [1.29, 1.82) is 0 Å². The van der Waals surface area contributed by atoms with E-state index in [9.17, 15) is 0 Å². The summed E-state index contributed by atoms with van der Waals surface area (Å²) in [5, 5.41) is 0. The Morgan fingerprint density at radius 2 is 1.95 bits per heavy atom. The molecule has 0 N–H and O–H groups in total. The van der Waals surface area contributed by atoms with Crippen LogP contribution in [0.15, 0.2) is 42.5 Å². The average molecular weight is 276 g/mol. The van der Waals surface area contributed by atoms with Crippen LogP contribution in [-0.4, -0.2) is 4.98 Å². The number of hydrogen-bond donors (Lipinski definition) is 0. The van der Waals surface area contributed by atoms with Gasteiger partial charge in [-0.05, 0) is 30.0 Å². The van der Waals surface area contributed by atoms with Gasteiger partial charge >= 0.3 is 0 Å². The third-order valence-corrected chi connectivity index (χ3v) is 3.47. The summed E-state index contributed by atoms with van der Waals surface area (Å²) in [7, 11) is 0. The fourth-order valence-electron chi connectivity index (χ4n) is 1.90. The van der Waals surface area contributed by atoms with E-state index < -0.39 is 0 Å². The van der Waals surface area contributed by atoms with Gasteiger partial charge in [0, 0.05) is 6.07 Å². The monoisotopic (exact) mass is 275 g/mol. The number of nitrogens with zero attached hydrogens (tertiary/aromatic N) is 1. The highest BCUT2D eigenvalue weighted by Crippen LogP contribution is 2.31. The van der Waals surface area contributed by atoms with E-state index in [2.05, 4.69) is 24.9 Å². The number of pyridine rings is 1. The van der Waals surface area contributed by atoms with Gasteiger partial charge in [0.25, 0.3) is 0 Å². The van der Waals surface area contributed by atoms with Crippen LogP contribution in [0.2, 0.25) is 0 Å². The summed E-state index contributed by atoms with van der Waals surface area (Å²) in [5.41, 5.74) is 2.03. The van der Waals surface area contributed by atoms with Gasteiger partial charge in [0.05, 0.1) is 11.6 Å². The van der Waals surface area contributed by atoms with Gasteiger partial charge in [-0.15, -0.1) is 11.6 Å². The van der Waals surface area contributed by atoms with E-state index in [1.165, 1.54) is 5.56 Å². The number of aromatic nitrogens is 1. The molecule has 1 aromatic carbocycles. The molecular formula is C16H18ClNO. The lowest BCUT2D eigenvalue weighted by atomic mass is 9.98. The van der Waals surface area contributed by atoms with Crippen LogP contribution >= 0.6 is 11.6 Å². The molecule has 0 radical (unpaired) electrons. The fraction of sp³-hybridized carbons (Fsp3) is 0.312. The molecule has 0 spiro atoms. The molecule has 1 atom stereocenters. The highest BCUT2D eigenvalue weighted by Gasteiger charge is 2.10. The molecule has 1 aromatic heterocycles. The molecule has 0 saturated heterocycles. The van der Waals surface area contributed by atoms with E-state index in [0.29, 0.717) is 17.7 Å². The Morgan fingerprint density at radius 1 is 1.16 bits per heavy atom. The van der Waals surface area contributed by atoms with Gasteiger partial charge in [-0.1, -0.05) is 38.1 Å². The second kappa shape index (κ2) is 6.58. The summed E-state index contributed by atoms with van der Waals surface area (Å²) in [6.07, 6.45) is 1.08. The third kappa shape index (κ3) is 3.48. The number of para-hydroxylation sites is 1. The summed E-state index contributed by atoms with van der Waals surface area (Å²) < 4.78 is 5.91. The number of hydrogen-bond acceptors (Lipinski definition) is 2. The molecule has 0 amide bonds. The Balaban J connectivity index is 2.27. The lowest BCUT2D eigenvalue weighted by Gasteiger charge is -2.15. The van der Waals surface area contributed by atoms with Crippen LogP contribution in [0.1, 0.15) is 37.4 Å². The zero-order chi connectivity index (χ0) is 13.7. The van der Waals surface area contributed by atoms with Crippen molar-refractivity contribution in [2.45, 2.75) is 32.1 Å². The van der Waals surface area contributed by atoms with Crippen molar-refractivity contribution in [2.24, 2.45) is 0 Å². The first-order chi connectivity index (χ1) is 9.24. The molecule has 2 nitrogen and oxygen atoms in total. The maximum atomic E-state index is 5.91. The summed E-state index contributed by atoms with van der Waals surface area (Å²) in [6.45, 7) is 4.37. The van der Waals surface area contributed by atoms with Crippen molar-refractivity contribution in [3.8, 4) is 11.6 Å². The molecule has 0 bridgehead atoms. The van der Waals surface area contributed by atoms with E-state index >= 15 is 0 Å². The molecule has 0 aliphatic rings. The number of halogens is 1. The van der Waals surface area contributed by atoms with Crippen molar-refractivity contribution < 1.29 is 4.74 Å². The second-order valence-electron chi connectivity index (χ2n) is 4.55. The zero-order valence-electron chi connectivity index (χ0n) is 11.3. The normalized spacial score (nSPS) is 12.2. The van der Waals surface area contributed by atoms with E-state index in [-0.39, 0.29) is 0 Å². The van der Waals surface area contributed by atoms with Gasteiger partial charge in [-0.25, -0.2) is 4.98 Å². The summed E-state index contributed by atoms with van der Waals surface area (Å²) in [4.78, 5) is 4.36. The van der Waals surface area contributed by atoms with Gasteiger partial charge in [-0.2, -0.15) is 0 Å². The van der Waals surface area contributed by atoms with Crippen molar-refractivity contribution in [3.63, 3.8) is 0 Å².